The van der Waals surface area contributed by atoms with Crippen molar-refractivity contribution >= 4 is 39.8 Å². The SMILES string of the molecule is C=CC(=O)Nc1cc(Nc2ncc(C(C)C)c(-c3cn(C4CC4)c4ccccc34)n2)c(OC)cc1N(C)CCN(C)C. The lowest BCUT2D eigenvalue weighted by molar-refractivity contribution is -0.111. The number of para-hydroxylation sites is 1. The largest absolute Gasteiger partial charge is 0.494 e. The molecule has 2 heterocycles. The van der Waals surface area contributed by atoms with Gasteiger partial charge in [-0.25, -0.2) is 9.97 Å². The zero-order valence-electron chi connectivity index (χ0n) is 25.4. The van der Waals surface area contributed by atoms with Gasteiger partial charge in [0.05, 0.1) is 29.9 Å². The lowest BCUT2D eigenvalue weighted by Crippen LogP contribution is -2.29. The fourth-order valence-corrected chi connectivity index (χ4v) is 5.16. The van der Waals surface area contributed by atoms with E-state index in [0.29, 0.717) is 29.1 Å². The lowest BCUT2D eigenvalue weighted by Gasteiger charge is -2.26. The first-order chi connectivity index (χ1) is 20.2. The van der Waals surface area contributed by atoms with Gasteiger partial charge in [0.25, 0.3) is 0 Å². The Bertz CT molecular complexity index is 1600. The van der Waals surface area contributed by atoms with Crippen molar-refractivity contribution < 1.29 is 9.53 Å². The van der Waals surface area contributed by atoms with Crippen LogP contribution in [-0.2, 0) is 4.79 Å². The molecule has 1 aliphatic rings. The van der Waals surface area contributed by atoms with Crippen LogP contribution in [0, 0.1) is 0 Å². The molecule has 220 valence electrons. The minimum absolute atomic E-state index is 0.240. The molecule has 5 rings (SSSR count). The second-order valence-corrected chi connectivity index (χ2v) is 11.5. The first-order valence-electron chi connectivity index (χ1n) is 14.4. The topological polar surface area (TPSA) is 87.5 Å². The molecule has 42 heavy (non-hydrogen) atoms. The fourth-order valence-electron chi connectivity index (χ4n) is 5.16. The van der Waals surface area contributed by atoms with Crippen LogP contribution in [0.5, 0.6) is 5.75 Å². The molecule has 2 aromatic carbocycles. The van der Waals surface area contributed by atoms with Crippen LogP contribution in [0.4, 0.5) is 23.0 Å². The third-order valence-corrected chi connectivity index (χ3v) is 7.68. The number of amides is 1. The van der Waals surface area contributed by atoms with E-state index in [0.717, 1.165) is 35.6 Å². The molecule has 4 aromatic rings. The molecule has 1 saturated carbocycles. The van der Waals surface area contributed by atoms with Crippen LogP contribution in [0.25, 0.3) is 22.2 Å². The minimum atomic E-state index is -0.291. The van der Waals surface area contributed by atoms with Crippen molar-refractivity contribution in [2.45, 2.75) is 38.6 Å². The van der Waals surface area contributed by atoms with Gasteiger partial charge in [0.15, 0.2) is 0 Å². The summed E-state index contributed by atoms with van der Waals surface area (Å²) in [5.74, 6) is 1.01. The van der Waals surface area contributed by atoms with E-state index < -0.39 is 0 Å². The van der Waals surface area contributed by atoms with Crippen LogP contribution in [0.3, 0.4) is 0 Å². The number of ether oxygens (including phenoxy) is 1. The highest BCUT2D eigenvalue weighted by Crippen LogP contribution is 2.43. The van der Waals surface area contributed by atoms with Crippen molar-refractivity contribution in [3.8, 4) is 17.0 Å². The second-order valence-electron chi connectivity index (χ2n) is 11.5. The zero-order chi connectivity index (χ0) is 30.0. The second kappa shape index (κ2) is 12.2. The van der Waals surface area contributed by atoms with Crippen LogP contribution in [0.2, 0.25) is 0 Å². The molecule has 0 radical (unpaired) electrons. The van der Waals surface area contributed by atoms with Gasteiger partial charge < -0.3 is 29.7 Å². The Kier molecular flexibility index (Phi) is 8.49. The van der Waals surface area contributed by atoms with Gasteiger partial charge in [-0.2, -0.15) is 0 Å². The highest BCUT2D eigenvalue weighted by molar-refractivity contribution is 6.02. The van der Waals surface area contributed by atoms with Crippen molar-refractivity contribution in [3.63, 3.8) is 0 Å². The van der Waals surface area contributed by atoms with Crippen LogP contribution in [0.15, 0.2) is 61.4 Å². The van der Waals surface area contributed by atoms with Crippen LogP contribution in [0.1, 0.15) is 44.2 Å². The number of anilines is 4. The Balaban J connectivity index is 1.57. The first kappa shape index (κ1) is 29.1. The molecule has 2 N–H and O–H groups in total. The van der Waals surface area contributed by atoms with Crippen molar-refractivity contribution in [2.75, 3.05) is 56.9 Å². The summed E-state index contributed by atoms with van der Waals surface area (Å²) >= 11 is 0. The van der Waals surface area contributed by atoms with E-state index in [4.69, 9.17) is 14.7 Å². The molecule has 0 atom stereocenters. The molecule has 0 bridgehead atoms. The number of carbonyl (C=O) groups is 1. The Morgan fingerprint density at radius 1 is 1.17 bits per heavy atom. The van der Waals surface area contributed by atoms with E-state index in [1.807, 2.05) is 39.5 Å². The maximum atomic E-state index is 12.4. The van der Waals surface area contributed by atoms with E-state index in [2.05, 4.69) is 75.9 Å². The molecule has 1 fully saturated rings. The quantitative estimate of drug-likeness (QED) is 0.191. The summed E-state index contributed by atoms with van der Waals surface area (Å²) in [6, 6.07) is 12.9. The summed E-state index contributed by atoms with van der Waals surface area (Å²) in [6.45, 7) is 9.56. The van der Waals surface area contributed by atoms with Crippen molar-refractivity contribution in [1.82, 2.24) is 19.4 Å². The number of fused-ring (bicyclic) bond motifs is 1. The number of rotatable bonds is 12. The summed E-state index contributed by atoms with van der Waals surface area (Å²) in [7, 11) is 7.69. The highest BCUT2D eigenvalue weighted by Gasteiger charge is 2.27. The third kappa shape index (κ3) is 6.11. The summed E-state index contributed by atoms with van der Waals surface area (Å²) in [5.41, 5.74) is 6.45. The molecule has 1 aliphatic carbocycles. The van der Waals surface area contributed by atoms with Crippen molar-refractivity contribution in [2.24, 2.45) is 0 Å². The average Bonchev–Trinajstić information content (AvgIpc) is 3.75. The molecule has 9 nitrogen and oxygen atoms in total. The summed E-state index contributed by atoms with van der Waals surface area (Å²) in [6.07, 6.45) is 7.84. The molecule has 1 amide bonds. The molecule has 0 spiro atoms. The minimum Gasteiger partial charge on any atom is -0.494 e. The number of methoxy groups -OCH3 is 1. The highest BCUT2D eigenvalue weighted by atomic mass is 16.5. The van der Waals surface area contributed by atoms with Gasteiger partial charge in [-0.15, -0.1) is 0 Å². The molecular formula is C33H41N7O2. The predicted octanol–water partition coefficient (Wildman–Crippen LogP) is 6.43. The van der Waals surface area contributed by atoms with Gasteiger partial charge >= 0.3 is 0 Å². The summed E-state index contributed by atoms with van der Waals surface area (Å²) in [4.78, 5) is 26.4. The monoisotopic (exact) mass is 567 g/mol. The van der Waals surface area contributed by atoms with Crippen LogP contribution in [-0.4, -0.2) is 66.7 Å². The number of benzene rings is 2. The van der Waals surface area contributed by atoms with Crippen molar-refractivity contribution in [3.05, 3.63) is 67.0 Å². The Labute approximate surface area is 248 Å². The maximum absolute atomic E-state index is 12.4. The molecule has 2 aromatic heterocycles. The number of aromatic nitrogens is 3. The van der Waals surface area contributed by atoms with Gasteiger partial charge in [-0.05, 0) is 56.6 Å². The Morgan fingerprint density at radius 2 is 1.93 bits per heavy atom. The molecule has 0 unspecified atom stereocenters. The summed E-state index contributed by atoms with van der Waals surface area (Å²) < 4.78 is 8.20. The number of likely N-dealkylation sites (N-methyl/N-ethyl adjacent to an activating group) is 2. The van der Waals surface area contributed by atoms with Gasteiger partial charge in [0.1, 0.15) is 5.75 Å². The number of hydrogen-bond donors (Lipinski definition) is 2. The van der Waals surface area contributed by atoms with Crippen LogP contribution < -0.4 is 20.3 Å². The summed E-state index contributed by atoms with van der Waals surface area (Å²) in [5, 5.41) is 7.52. The lowest BCUT2D eigenvalue weighted by atomic mass is 9.98. The van der Waals surface area contributed by atoms with Gasteiger partial charge in [0, 0.05) is 61.1 Å². The normalized spacial score (nSPS) is 13.0. The standard InChI is InChI=1S/C33H41N7O2/c1-8-31(41)35-26-17-27(30(42-7)18-29(26)39(6)16-15-38(4)5)36-33-34-19-24(21(2)3)32(37-33)25-20-40(22-13-14-22)28-12-10-9-11-23(25)28/h8-12,17-22H,1,13-16H2,2-7H3,(H,35,41)(H,34,36,37). The van der Waals surface area contributed by atoms with Gasteiger partial charge in [-0.1, -0.05) is 38.6 Å². The van der Waals surface area contributed by atoms with E-state index >= 15 is 0 Å². The molecular weight excluding hydrogens is 526 g/mol. The van der Waals surface area contributed by atoms with Crippen molar-refractivity contribution in [1.29, 1.82) is 0 Å². The molecule has 0 aliphatic heterocycles. The molecule has 0 saturated heterocycles. The maximum Gasteiger partial charge on any atom is 0.247 e. The number of carbonyl (C=O) groups excluding carboxylic acids is 1. The van der Waals surface area contributed by atoms with Gasteiger partial charge in [0.2, 0.25) is 11.9 Å². The number of nitrogens with zero attached hydrogens (tertiary/aromatic N) is 5. The number of nitrogens with one attached hydrogen (secondary N) is 2. The Morgan fingerprint density at radius 3 is 2.60 bits per heavy atom. The average molecular weight is 568 g/mol. The van der Waals surface area contributed by atoms with E-state index in [9.17, 15) is 4.79 Å². The van der Waals surface area contributed by atoms with Crippen LogP contribution >= 0.6 is 0 Å². The van der Waals surface area contributed by atoms with E-state index in [1.54, 1.807) is 7.11 Å². The molecule has 9 heteroatoms. The zero-order valence-corrected chi connectivity index (χ0v) is 25.4. The first-order valence-corrected chi connectivity index (χ1v) is 14.4. The smallest absolute Gasteiger partial charge is 0.247 e. The van der Waals surface area contributed by atoms with Gasteiger partial charge in [-0.3, -0.25) is 4.79 Å². The van der Waals surface area contributed by atoms with E-state index in [1.165, 1.54) is 29.8 Å². The fraction of sp³-hybridized carbons (Fsp3) is 0.364. The predicted molar refractivity (Wildman–Crippen MR) is 172 cm³/mol. The number of hydrogen-bond acceptors (Lipinski definition) is 7. The Hall–Kier alpha value is -4.37. The third-order valence-electron chi connectivity index (χ3n) is 7.68. The van der Waals surface area contributed by atoms with E-state index in [-0.39, 0.29) is 11.8 Å².